The minimum Gasteiger partial charge on any atom is -0.287 e. The second-order valence-electron chi connectivity index (χ2n) is 3.34. The lowest BCUT2D eigenvalue weighted by Gasteiger charge is -2.01. The molecule has 0 atom stereocenters. The molecule has 0 fully saturated rings. The van der Waals surface area contributed by atoms with Gasteiger partial charge in [-0.15, -0.1) is 0 Å². The molecular formula is C11H8BFN2O. The van der Waals surface area contributed by atoms with E-state index in [1.165, 1.54) is 18.3 Å². The van der Waals surface area contributed by atoms with Gasteiger partial charge in [0.15, 0.2) is 7.85 Å². The van der Waals surface area contributed by atoms with Crippen molar-refractivity contribution < 1.29 is 9.18 Å². The average molecular weight is 214 g/mol. The highest BCUT2D eigenvalue weighted by atomic mass is 19.1. The van der Waals surface area contributed by atoms with Crippen molar-refractivity contribution in [3.63, 3.8) is 0 Å². The standard InChI is InChI=1S/C11H8BFN2O/c12-9-5-1-4-8(15-9)10(16)7-3-2-6-14-11(7)13/h1-6H,12H2. The fourth-order valence-electron chi connectivity index (χ4n) is 1.36. The van der Waals surface area contributed by atoms with E-state index >= 15 is 0 Å². The summed E-state index contributed by atoms with van der Waals surface area (Å²) in [4.78, 5) is 19.4. The lowest BCUT2D eigenvalue weighted by atomic mass is 10.0. The number of carbonyl (C=O) groups is 1. The Hall–Kier alpha value is -2.04. The second kappa shape index (κ2) is 4.22. The summed E-state index contributed by atoms with van der Waals surface area (Å²) >= 11 is 0. The Labute approximate surface area is 92.8 Å². The summed E-state index contributed by atoms with van der Waals surface area (Å²) in [6.45, 7) is 0. The molecule has 0 amide bonds. The van der Waals surface area contributed by atoms with Crippen LogP contribution in [0, 0.1) is 5.95 Å². The molecule has 78 valence electrons. The molecule has 0 saturated carbocycles. The molecule has 2 aromatic heterocycles. The van der Waals surface area contributed by atoms with Gasteiger partial charge in [0, 0.05) is 6.20 Å². The lowest BCUT2D eigenvalue weighted by Crippen LogP contribution is -2.15. The highest BCUT2D eigenvalue weighted by molar-refractivity contribution is 6.30. The molecule has 3 nitrogen and oxygen atoms in total. The van der Waals surface area contributed by atoms with Crippen molar-refractivity contribution >= 4 is 19.2 Å². The summed E-state index contributed by atoms with van der Waals surface area (Å²) in [6, 6.07) is 7.96. The van der Waals surface area contributed by atoms with E-state index in [1.807, 2.05) is 0 Å². The predicted molar refractivity (Wildman–Crippen MR) is 60.0 cm³/mol. The quantitative estimate of drug-likeness (QED) is 0.404. The number of rotatable bonds is 2. The van der Waals surface area contributed by atoms with Gasteiger partial charge in [-0.25, -0.2) is 4.98 Å². The summed E-state index contributed by atoms with van der Waals surface area (Å²) in [5.74, 6) is -1.22. The van der Waals surface area contributed by atoms with Crippen molar-refractivity contribution in [1.29, 1.82) is 0 Å². The van der Waals surface area contributed by atoms with Crippen LogP contribution in [0.25, 0.3) is 0 Å². The van der Waals surface area contributed by atoms with Crippen molar-refractivity contribution in [2.45, 2.75) is 0 Å². The van der Waals surface area contributed by atoms with E-state index in [2.05, 4.69) is 9.97 Å². The second-order valence-corrected chi connectivity index (χ2v) is 3.34. The fourth-order valence-corrected chi connectivity index (χ4v) is 1.36. The molecule has 0 bridgehead atoms. The van der Waals surface area contributed by atoms with E-state index in [4.69, 9.17) is 0 Å². The minimum absolute atomic E-state index is 0.0550. The summed E-state index contributed by atoms with van der Waals surface area (Å²) in [6.07, 6.45) is 1.30. The van der Waals surface area contributed by atoms with Gasteiger partial charge in [0.05, 0.1) is 5.56 Å². The van der Waals surface area contributed by atoms with Crippen LogP contribution in [0.4, 0.5) is 4.39 Å². The first-order valence-electron chi connectivity index (χ1n) is 4.77. The molecule has 0 radical (unpaired) electrons. The van der Waals surface area contributed by atoms with Gasteiger partial charge in [-0.1, -0.05) is 12.1 Å². The number of pyridine rings is 2. The van der Waals surface area contributed by atoms with Crippen LogP contribution in [0.5, 0.6) is 0 Å². The molecule has 2 aromatic rings. The molecule has 0 aromatic carbocycles. The van der Waals surface area contributed by atoms with Gasteiger partial charge in [-0.05, 0) is 23.8 Å². The molecule has 0 saturated heterocycles. The molecule has 0 aliphatic rings. The zero-order valence-corrected chi connectivity index (χ0v) is 8.64. The van der Waals surface area contributed by atoms with Crippen molar-refractivity contribution in [3.8, 4) is 0 Å². The van der Waals surface area contributed by atoms with Crippen LogP contribution in [-0.4, -0.2) is 23.6 Å². The summed E-state index contributed by atoms with van der Waals surface area (Å²) in [5, 5.41) is 0. The third kappa shape index (κ3) is 1.98. The molecule has 2 rings (SSSR count). The maximum Gasteiger partial charge on any atom is 0.224 e. The van der Waals surface area contributed by atoms with E-state index in [9.17, 15) is 9.18 Å². The van der Waals surface area contributed by atoms with Gasteiger partial charge >= 0.3 is 0 Å². The number of nitrogens with zero attached hydrogens (tertiary/aromatic N) is 2. The van der Waals surface area contributed by atoms with Crippen LogP contribution in [-0.2, 0) is 0 Å². The van der Waals surface area contributed by atoms with Crippen LogP contribution >= 0.6 is 0 Å². The fraction of sp³-hybridized carbons (Fsp3) is 0. The molecule has 2 heterocycles. The first kappa shape index (κ1) is 10.5. The Kier molecular flexibility index (Phi) is 2.77. The predicted octanol–water partition coefficient (Wildman–Crippen LogP) is 0.105. The van der Waals surface area contributed by atoms with Crippen molar-refractivity contribution in [3.05, 3.63) is 53.7 Å². The highest BCUT2D eigenvalue weighted by Crippen LogP contribution is 2.08. The van der Waals surface area contributed by atoms with Crippen LogP contribution in [0.3, 0.4) is 0 Å². The Balaban J connectivity index is 2.44. The van der Waals surface area contributed by atoms with Gasteiger partial charge < -0.3 is 0 Å². The maximum absolute atomic E-state index is 13.3. The van der Waals surface area contributed by atoms with Crippen molar-refractivity contribution in [1.82, 2.24) is 9.97 Å². The number of halogens is 1. The van der Waals surface area contributed by atoms with Crippen LogP contribution in [0.2, 0.25) is 0 Å². The van der Waals surface area contributed by atoms with Gasteiger partial charge in [0.2, 0.25) is 11.7 Å². The Morgan fingerprint density at radius 1 is 1.25 bits per heavy atom. The Bertz CT molecular complexity index is 545. The van der Waals surface area contributed by atoms with Gasteiger partial charge in [-0.3, -0.25) is 9.78 Å². The number of hydrogen-bond donors (Lipinski definition) is 0. The van der Waals surface area contributed by atoms with E-state index in [-0.39, 0.29) is 11.3 Å². The lowest BCUT2D eigenvalue weighted by molar-refractivity contribution is 0.103. The number of ketones is 1. The van der Waals surface area contributed by atoms with E-state index in [0.29, 0.717) is 0 Å². The van der Waals surface area contributed by atoms with Gasteiger partial charge in [-0.2, -0.15) is 4.39 Å². The smallest absolute Gasteiger partial charge is 0.224 e. The van der Waals surface area contributed by atoms with E-state index in [1.54, 1.807) is 26.0 Å². The SMILES string of the molecule is Bc1cccc(C(=O)c2cccnc2F)n1. The van der Waals surface area contributed by atoms with E-state index in [0.717, 1.165) is 5.59 Å². The highest BCUT2D eigenvalue weighted by Gasteiger charge is 2.15. The topological polar surface area (TPSA) is 42.9 Å². The van der Waals surface area contributed by atoms with Crippen molar-refractivity contribution in [2.75, 3.05) is 0 Å². The molecular weight excluding hydrogens is 206 g/mol. The normalized spacial score (nSPS) is 10.1. The molecule has 5 heteroatoms. The molecule has 0 aliphatic heterocycles. The van der Waals surface area contributed by atoms with Gasteiger partial charge in [0.1, 0.15) is 5.69 Å². The minimum atomic E-state index is -0.768. The summed E-state index contributed by atoms with van der Waals surface area (Å²) < 4.78 is 13.3. The first-order chi connectivity index (χ1) is 7.68. The largest absolute Gasteiger partial charge is 0.287 e. The monoisotopic (exact) mass is 214 g/mol. The number of aromatic nitrogens is 2. The molecule has 0 aliphatic carbocycles. The van der Waals surface area contributed by atoms with E-state index < -0.39 is 11.7 Å². The van der Waals surface area contributed by atoms with Crippen molar-refractivity contribution in [2.24, 2.45) is 0 Å². The Morgan fingerprint density at radius 2 is 2.06 bits per heavy atom. The zero-order chi connectivity index (χ0) is 11.5. The zero-order valence-electron chi connectivity index (χ0n) is 8.64. The molecule has 0 unspecified atom stereocenters. The van der Waals surface area contributed by atoms with Crippen LogP contribution in [0.1, 0.15) is 16.1 Å². The summed E-state index contributed by atoms with van der Waals surface area (Å²) in [5.41, 5.74) is 0.891. The number of carbonyl (C=O) groups excluding carboxylic acids is 1. The molecule has 0 N–H and O–H groups in total. The Morgan fingerprint density at radius 3 is 2.75 bits per heavy atom. The van der Waals surface area contributed by atoms with Crippen LogP contribution < -0.4 is 5.59 Å². The molecule has 0 spiro atoms. The summed E-state index contributed by atoms with van der Waals surface area (Å²) in [7, 11) is 1.77. The maximum atomic E-state index is 13.3. The number of hydrogen-bond acceptors (Lipinski definition) is 3. The molecule has 16 heavy (non-hydrogen) atoms. The average Bonchev–Trinajstić information content (AvgIpc) is 2.29. The van der Waals surface area contributed by atoms with Gasteiger partial charge in [0.25, 0.3) is 0 Å². The third-order valence-corrected chi connectivity index (χ3v) is 2.12. The van der Waals surface area contributed by atoms with Crippen LogP contribution in [0.15, 0.2) is 36.5 Å². The third-order valence-electron chi connectivity index (χ3n) is 2.12. The first-order valence-corrected chi connectivity index (χ1v) is 4.77.